The summed E-state index contributed by atoms with van der Waals surface area (Å²) in [5.74, 6) is 0. The van der Waals surface area contributed by atoms with E-state index in [0.717, 1.165) is 10.6 Å². The molecule has 0 spiro atoms. The molecule has 1 heterocycles. The van der Waals surface area contributed by atoms with Gasteiger partial charge in [0, 0.05) is 10.6 Å². The molecule has 0 radical (unpaired) electrons. The molecule has 0 aliphatic carbocycles. The highest BCUT2D eigenvalue weighted by molar-refractivity contribution is 7.10. The third-order valence-electron chi connectivity index (χ3n) is 1.02. The first kappa shape index (κ1) is 6.54. The number of anilines is 1. The minimum absolute atomic E-state index is 0.434. The summed E-state index contributed by atoms with van der Waals surface area (Å²) < 4.78 is 0. The van der Waals surface area contributed by atoms with Crippen LogP contribution in [0.15, 0.2) is 11.4 Å². The van der Waals surface area contributed by atoms with E-state index in [1.807, 2.05) is 16.9 Å². The van der Waals surface area contributed by atoms with Gasteiger partial charge >= 0.3 is 0 Å². The van der Waals surface area contributed by atoms with Crippen LogP contribution in [0, 0.1) is 0 Å². The van der Waals surface area contributed by atoms with Crippen LogP contribution in [0.2, 0.25) is 0 Å². The van der Waals surface area contributed by atoms with E-state index < -0.39 is 0 Å². The number of hydrogen-bond acceptors (Lipinski definition) is 4. The Morgan fingerprint density at radius 3 is 3.00 bits per heavy atom. The fourth-order valence-electron chi connectivity index (χ4n) is 0.566. The van der Waals surface area contributed by atoms with Crippen LogP contribution in [-0.4, -0.2) is 5.21 Å². The summed E-state index contributed by atoms with van der Waals surface area (Å²) in [5.41, 5.74) is 8.26. The van der Waals surface area contributed by atoms with E-state index in [9.17, 15) is 0 Å². The molecule has 1 rings (SSSR count). The molecule has 0 unspecified atom stereocenters. The van der Waals surface area contributed by atoms with Gasteiger partial charge in [-0.05, 0) is 11.4 Å². The van der Waals surface area contributed by atoms with Crippen molar-refractivity contribution in [2.45, 2.75) is 6.54 Å². The van der Waals surface area contributed by atoms with Crippen LogP contribution in [-0.2, 0) is 6.54 Å². The number of rotatable bonds is 2. The molecule has 0 saturated carbocycles. The normalized spacial score (nSPS) is 9.89. The van der Waals surface area contributed by atoms with Gasteiger partial charge in [0.25, 0.3) is 0 Å². The van der Waals surface area contributed by atoms with Crippen molar-refractivity contribution in [2.75, 3.05) is 5.73 Å². The van der Waals surface area contributed by atoms with Crippen molar-refractivity contribution >= 4 is 17.0 Å². The molecule has 0 atom stereocenters. The maximum atomic E-state index is 8.26. The molecule has 0 bridgehead atoms. The van der Waals surface area contributed by atoms with E-state index in [1.165, 1.54) is 11.3 Å². The van der Waals surface area contributed by atoms with Gasteiger partial charge in [-0.15, -0.1) is 11.3 Å². The van der Waals surface area contributed by atoms with Crippen molar-refractivity contribution in [2.24, 2.45) is 0 Å². The zero-order valence-corrected chi connectivity index (χ0v) is 5.61. The smallest absolute Gasteiger partial charge is 0.0572 e. The van der Waals surface area contributed by atoms with Crippen LogP contribution in [0.25, 0.3) is 0 Å². The van der Waals surface area contributed by atoms with Crippen LogP contribution < -0.4 is 11.2 Å². The van der Waals surface area contributed by atoms with E-state index in [4.69, 9.17) is 10.9 Å². The van der Waals surface area contributed by atoms with Gasteiger partial charge in [-0.25, -0.2) is 5.48 Å². The molecule has 0 amide bonds. The number of thiophene rings is 1. The monoisotopic (exact) mass is 144 g/mol. The Kier molecular flexibility index (Phi) is 2.05. The quantitative estimate of drug-likeness (QED) is 0.538. The molecular formula is C5H8N2OS. The molecule has 0 saturated heterocycles. The lowest BCUT2D eigenvalue weighted by molar-refractivity contribution is 0.162. The molecular weight excluding hydrogens is 136 g/mol. The van der Waals surface area contributed by atoms with Crippen LogP contribution in [0.4, 0.5) is 5.69 Å². The predicted octanol–water partition coefficient (Wildman–Crippen LogP) is 0.809. The summed E-state index contributed by atoms with van der Waals surface area (Å²) >= 11 is 1.53. The highest BCUT2D eigenvalue weighted by atomic mass is 32.1. The van der Waals surface area contributed by atoms with Crippen LogP contribution in [0.5, 0.6) is 0 Å². The third-order valence-corrected chi connectivity index (χ3v) is 1.96. The summed E-state index contributed by atoms with van der Waals surface area (Å²) in [6, 6.07) is 1.82. The molecule has 4 heteroatoms. The summed E-state index contributed by atoms with van der Waals surface area (Å²) in [6.07, 6.45) is 0. The third kappa shape index (κ3) is 1.41. The van der Waals surface area contributed by atoms with Crippen molar-refractivity contribution < 1.29 is 5.21 Å². The van der Waals surface area contributed by atoms with E-state index in [2.05, 4.69) is 0 Å². The van der Waals surface area contributed by atoms with Crippen LogP contribution in [0.3, 0.4) is 0 Å². The molecule has 0 fully saturated rings. The Morgan fingerprint density at radius 2 is 2.56 bits per heavy atom. The minimum atomic E-state index is 0.434. The maximum Gasteiger partial charge on any atom is 0.0572 e. The van der Waals surface area contributed by atoms with E-state index in [-0.39, 0.29) is 0 Å². The number of nitrogens with one attached hydrogen (secondary N) is 1. The lowest BCUT2D eigenvalue weighted by Crippen LogP contribution is -2.05. The molecule has 3 nitrogen and oxygen atoms in total. The van der Waals surface area contributed by atoms with Crippen molar-refractivity contribution in [3.63, 3.8) is 0 Å². The largest absolute Gasteiger partial charge is 0.398 e. The number of hydrogen-bond donors (Lipinski definition) is 3. The Bertz CT molecular complexity index is 187. The predicted molar refractivity (Wildman–Crippen MR) is 37.4 cm³/mol. The lowest BCUT2D eigenvalue weighted by atomic mass is 10.4. The summed E-state index contributed by atoms with van der Waals surface area (Å²) in [5, 5.41) is 10.2. The number of nitrogen functional groups attached to an aromatic ring is 1. The second kappa shape index (κ2) is 2.82. The fourth-order valence-corrected chi connectivity index (χ4v) is 1.30. The molecule has 1 aromatic rings. The van der Waals surface area contributed by atoms with Crippen molar-refractivity contribution in [3.05, 3.63) is 16.3 Å². The molecule has 9 heavy (non-hydrogen) atoms. The zero-order valence-electron chi connectivity index (χ0n) is 4.79. The van der Waals surface area contributed by atoms with Gasteiger partial charge in [0.15, 0.2) is 0 Å². The average Bonchev–Trinajstić information content (AvgIpc) is 2.18. The zero-order chi connectivity index (χ0) is 6.69. The molecule has 0 aromatic carbocycles. The average molecular weight is 144 g/mol. The summed E-state index contributed by atoms with van der Waals surface area (Å²) in [7, 11) is 0. The van der Waals surface area contributed by atoms with Gasteiger partial charge in [0.05, 0.1) is 6.54 Å². The highest BCUT2D eigenvalue weighted by Crippen LogP contribution is 2.17. The molecule has 0 aliphatic heterocycles. The van der Waals surface area contributed by atoms with Gasteiger partial charge in [-0.1, -0.05) is 0 Å². The van der Waals surface area contributed by atoms with Crippen LogP contribution in [0.1, 0.15) is 4.88 Å². The van der Waals surface area contributed by atoms with Gasteiger partial charge in [-0.3, -0.25) is 0 Å². The molecule has 4 N–H and O–H groups in total. The first-order valence-electron chi connectivity index (χ1n) is 2.53. The Morgan fingerprint density at radius 1 is 1.78 bits per heavy atom. The number of hydroxylamine groups is 1. The molecule has 0 aliphatic rings. The van der Waals surface area contributed by atoms with Gasteiger partial charge in [0.1, 0.15) is 0 Å². The van der Waals surface area contributed by atoms with Gasteiger partial charge in [-0.2, -0.15) is 0 Å². The summed E-state index contributed by atoms with van der Waals surface area (Å²) in [4.78, 5) is 0.970. The maximum absolute atomic E-state index is 8.26. The number of nitrogens with two attached hydrogens (primary N) is 1. The topological polar surface area (TPSA) is 58.3 Å². The van der Waals surface area contributed by atoms with E-state index in [1.54, 1.807) is 0 Å². The van der Waals surface area contributed by atoms with Crippen molar-refractivity contribution in [3.8, 4) is 0 Å². The standard InChI is InChI=1S/C5H8N2OS/c6-4-1-2-9-5(4)3-7-8/h1-2,7-8H,3,6H2. The molecule has 50 valence electrons. The fraction of sp³-hybridized carbons (Fsp3) is 0.200. The SMILES string of the molecule is Nc1ccsc1CNO. The van der Waals surface area contributed by atoms with E-state index >= 15 is 0 Å². The van der Waals surface area contributed by atoms with Crippen molar-refractivity contribution in [1.29, 1.82) is 0 Å². The first-order chi connectivity index (χ1) is 4.34. The lowest BCUT2D eigenvalue weighted by Gasteiger charge is -1.93. The van der Waals surface area contributed by atoms with Crippen molar-refractivity contribution in [1.82, 2.24) is 5.48 Å². The summed E-state index contributed by atoms with van der Waals surface area (Å²) in [6.45, 7) is 0.434. The van der Waals surface area contributed by atoms with Gasteiger partial charge < -0.3 is 10.9 Å². The Balaban J connectivity index is 2.69. The van der Waals surface area contributed by atoms with E-state index in [0.29, 0.717) is 6.54 Å². The highest BCUT2D eigenvalue weighted by Gasteiger charge is 1.96. The Hall–Kier alpha value is -0.580. The van der Waals surface area contributed by atoms with Gasteiger partial charge in [0.2, 0.25) is 0 Å². The van der Waals surface area contributed by atoms with Crippen LogP contribution >= 0.6 is 11.3 Å². The molecule has 1 aromatic heterocycles. The second-order valence-electron chi connectivity index (χ2n) is 1.63. The first-order valence-corrected chi connectivity index (χ1v) is 3.41. The Labute approximate surface area is 57.1 Å². The second-order valence-corrected chi connectivity index (χ2v) is 2.63. The minimum Gasteiger partial charge on any atom is -0.398 e.